The fraction of sp³-hybridized carbons (Fsp3) is 0.333. The van der Waals surface area contributed by atoms with Crippen molar-refractivity contribution >= 4 is 21.7 Å². The number of anilines is 1. The van der Waals surface area contributed by atoms with Gasteiger partial charge in [-0.05, 0) is 54.4 Å². The van der Waals surface area contributed by atoms with E-state index in [0.717, 1.165) is 35.6 Å². The predicted molar refractivity (Wildman–Crippen MR) is 83.4 cm³/mol. The van der Waals surface area contributed by atoms with Crippen molar-refractivity contribution in [2.45, 2.75) is 27.2 Å². The molecule has 1 N–H and O–H groups in total. The Balaban J connectivity index is 2.48. The quantitative estimate of drug-likeness (QED) is 0.893. The van der Waals surface area contributed by atoms with Crippen LogP contribution in [-0.2, 0) is 0 Å². The van der Waals surface area contributed by atoms with E-state index < -0.39 is 0 Å². The minimum atomic E-state index is -0.284. The standard InChI is InChI=1S/C15H17BrFN3/c1-4-7-18-14-9(2)10(3)19-15(20-14)12-6-5-11(17)8-13(12)16/h5-6,8H,4,7H2,1-3H3,(H,18,19,20). The van der Waals surface area contributed by atoms with E-state index in [-0.39, 0.29) is 5.82 Å². The Hall–Kier alpha value is -1.49. The van der Waals surface area contributed by atoms with Gasteiger partial charge in [0.05, 0.1) is 0 Å². The zero-order chi connectivity index (χ0) is 14.7. The van der Waals surface area contributed by atoms with Crippen LogP contribution >= 0.6 is 15.9 Å². The normalized spacial score (nSPS) is 10.7. The molecule has 5 heteroatoms. The van der Waals surface area contributed by atoms with Crippen LogP contribution in [0.4, 0.5) is 10.2 Å². The van der Waals surface area contributed by atoms with Gasteiger partial charge in [0.1, 0.15) is 11.6 Å². The second-order valence-electron chi connectivity index (χ2n) is 4.66. The highest BCUT2D eigenvalue weighted by atomic mass is 79.9. The van der Waals surface area contributed by atoms with E-state index in [1.165, 1.54) is 12.1 Å². The number of benzene rings is 1. The van der Waals surface area contributed by atoms with Crippen LogP contribution in [0.3, 0.4) is 0 Å². The topological polar surface area (TPSA) is 37.8 Å². The molecule has 1 aromatic carbocycles. The number of nitrogens with zero attached hydrogens (tertiary/aromatic N) is 2. The van der Waals surface area contributed by atoms with E-state index in [4.69, 9.17) is 0 Å². The number of nitrogens with one attached hydrogen (secondary N) is 1. The summed E-state index contributed by atoms with van der Waals surface area (Å²) in [5, 5.41) is 3.30. The van der Waals surface area contributed by atoms with Crippen LogP contribution in [-0.4, -0.2) is 16.5 Å². The largest absolute Gasteiger partial charge is 0.370 e. The Kier molecular flexibility index (Phi) is 4.70. The van der Waals surface area contributed by atoms with Gasteiger partial charge in [-0.25, -0.2) is 14.4 Å². The minimum Gasteiger partial charge on any atom is -0.370 e. The molecule has 3 nitrogen and oxygen atoms in total. The monoisotopic (exact) mass is 337 g/mol. The molecule has 2 rings (SSSR count). The average Bonchev–Trinajstić information content (AvgIpc) is 2.40. The molecule has 1 heterocycles. The van der Waals surface area contributed by atoms with Crippen molar-refractivity contribution in [2.75, 3.05) is 11.9 Å². The fourth-order valence-corrected chi connectivity index (χ4v) is 2.36. The van der Waals surface area contributed by atoms with Crippen LogP contribution in [0.25, 0.3) is 11.4 Å². The molecule has 0 aliphatic carbocycles. The molecule has 0 spiro atoms. The van der Waals surface area contributed by atoms with Gasteiger partial charge in [-0.15, -0.1) is 0 Å². The highest BCUT2D eigenvalue weighted by Crippen LogP contribution is 2.28. The van der Waals surface area contributed by atoms with Gasteiger partial charge in [0.2, 0.25) is 0 Å². The lowest BCUT2D eigenvalue weighted by Crippen LogP contribution is -2.07. The van der Waals surface area contributed by atoms with Gasteiger partial charge in [-0.1, -0.05) is 6.92 Å². The van der Waals surface area contributed by atoms with Crippen LogP contribution in [0.1, 0.15) is 24.6 Å². The van der Waals surface area contributed by atoms with E-state index in [9.17, 15) is 4.39 Å². The number of aromatic nitrogens is 2. The molecule has 0 atom stereocenters. The first-order chi connectivity index (χ1) is 9.52. The van der Waals surface area contributed by atoms with E-state index in [2.05, 4.69) is 38.1 Å². The maximum Gasteiger partial charge on any atom is 0.162 e. The molecule has 0 saturated carbocycles. The first-order valence-electron chi connectivity index (χ1n) is 6.57. The van der Waals surface area contributed by atoms with Crippen molar-refractivity contribution in [3.8, 4) is 11.4 Å². The summed E-state index contributed by atoms with van der Waals surface area (Å²) >= 11 is 3.36. The first-order valence-corrected chi connectivity index (χ1v) is 7.36. The van der Waals surface area contributed by atoms with E-state index in [1.54, 1.807) is 6.07 Å². The molecule has 1 aromatic heterocycles. The van der Waals surface area contributed by atoms with Gasteiger partial charge in [-0.2, -0.15) is 0 Å². The Bertz CT molecular complexity index is 629. The molecular weight excluding hydrogens is 321 g/mol. The molecule has 0 bridgehead atoms. The summed E-state index contributed by atoms with van der Waals surface area (Å²) < 4.78 is 13.8. The van der Waals surface area contributed by atoms with Crippen molar-refractivity contribution in [1.82, 2.24) is 9.97 Å². The molecule has 0 amide bonds. The predicted octanol–water partition coefficient (Wildman–Crippen LogP) is 4.48. The lowest BCUT2D eigenvalue weighted by atomic mass is 10.2. The van der Waals surface area contributed by atoms with Crippen molar-refractivity contribution < 1.29 is 4.39 Å². The molecule has 0 fully saturated rings. The lowest BCUT2D eigenvalue weighted by Gasteiger charge is -2.12. The van der Waals surface area contributed by atoms with Crippen LogP contribution in [0, 0.1) is 19.7 Å². The number of aryl methyl sites for hydroxylation is 1. The number of rotatable bonds is 4. The van der Waals surface area contributed by atoms with Crippen molar-refractivity contribution in [2.24, 2.45) is 0 Å². The SMILES string of the molecule is CCCNc1nc(-c2ccc(F)cc2Br)nc(C)c1C. The Morgan fingerprint density at radius 3 is 2.65 bits per heavy atom. The lowest BCUT2D eigenvalue weighted by molar-refractivity contribution is 0.627. The zero-order valence-corrected chi connectivity index (χ0v) is 13.4. The van der Waals surface area contributed by atoms with Crippen molar-refractivity contribution in [3.05, 3.63) is 39.7 Å². The molecule has 0 saturated heterocycles. The van der Waals surface area contributed by atoms with E-state index >= 15 is 0 Å². The van der Waals surface area contributed by atoms with Crippen LogP contribution < -0.4 is 5.32 Å². The van der Waals surface area contributed by atoms with Crippen LogP contribution in [0.2, 0.25) is 0 Å². The van der Waals surface area contributed by atoms with Gasteiger partial charge in [0.15, 0.2) is 5.82 Å². The second-order valence-corrected chi connectivity index (χ2v) is 5.51. The maximum absolute atomic E-state index is 13.2. The Morgan fingerprint density at radius 2 is 2.00 bits per heavy atom. The number of hydrogen-bond acceptors (Lipinski definition) is 3. The van der Waals surface area contributed by atoms with E-state index in [0.29, 0.717) is 10.3 Å². The summed E-state index contributed by atoms with van der Waals surface area (Å²) in [4.78, 5) is 9.06. The summed E-state index contributed by atoms with van der Waals surface area (Å²) in [6.45, 7) is 6.92. The average molecular weight is 338 g/mol. The molecule has 0 aliphatic rings. The molecule has 2 aromatic rings. The zero-order valence-electron chi connectivity index (χ0n) is 11.8. The molecular formula is C15H17BrFN3. The third kappa shape index (κ3) is 3.15. The summed E-state index contributed by atoms with van der Waals surface area (Å²) in [6, 6.07) is 4.53. The fourth-order valence-electron chi connectivity index (χ4n) is 1.84. The summed E-state index contributed by atoms with van der Waals surface area (Å²) in [5.41, 5.74) is 2.75. The van der Waals surface area contributed by atoms with Crippen molar-refractivity contribution in [3.63, 3.8) is 0 Å². The third-order valence-corrected chi connectivity index (χ3v) is 3.76. The number of hydrogen-bond donors (Lipinski definition) is 1. The van der Waals surface area contributed by atoms with Crippen LogP contribution in [0.15, 0.2) is 22.7 Å². The molecule has 0 radical (unpaired) electrons. The summed E-state index contributed by atoms with van der Waals surface area (Å²) in [5.74, 6) is 1.15. The maximum atomic E-state index is 13.2. The van der Waals surface area contributed by atoms with Gasteiger partial charge in [-0.3, -0.25) is 0 Å². The molecule has 0 aliphatic heterocycles. The minimum absolute atomic E-state index is 0.284. The highest BCUT2D eigenvalue weighted by Gasteiger charge is 2.12. The third-order valence-electron chi connectivity index (χ3n) is 3.10. The molecule has 0 unspecified atom stereocenters. The van der Waals surface area contributed by atoms with Gasteiger partial charge >= 0.3 is 0 Å². The van der Waals surface area contributed by atoms with Gasteiger partial charge in [0.25, 0.3) is 0 Å². The Morgan fingerprint density at radius 1 is 1.25 bits per heavy atom. The smallest absolute Gasteiger partial charge is 0.162 e. The number of halogens is 2. The summed E-state index contributed by atoms with van der Waals surface area (Å²) in [6.07, 6.45) is 1.03. The Labute approximate surface area is 126 Å². The second kappa shape index (κ2) is 6.31. The van der Waals surface area contributed by atoms with Gasteiger partial charge < -0.3 is 5.32 Å². The summed E-state index contributed by atoms with van der Waals surface area (Å²) in [7, 11) is 0. The van der Waals surface area contributed by atoms with Crippen LogP contribution in [0.5, 0.6) is 0 Å². The first kappa shape index (κ1) is 14.9. The highest BCUT2D eigenvalue weighted by molar-refractivity contribution is 9.10. The van der Waals surface area contributed by atoms with Gasteiger partial charge in [0, 0.05) is 27.8 Å². The molecule has 106 valence electrons. The van der Waals surface area contributed by atoms with Crippen molar-refractivity contribution in [1.29, 1.82) is 0 Å². The molecule has 20 heavy (non-hydrogen) atoms. The van der Waals surface area contributed by atoms with E-state index in [1.807, 2.05) is 13.8 Å².